The normalized spacial score (nSPS) is 20.9. The van der Waals surface area contributed by atoms with Crippen LogP contribution >= 0.6 is 11.6 Å². The van der Waals surface area contributed by atoms with Crippen LogP contribution in [0, 0.1) is 11.0 Å². The minimum Gasteiger partial charge on any atom is -0.615 e. The highest BCUT2D eigenvalue weighted by atomic mass is 35.5. The molecule has 1 aromatic carbocycles. The third-order valence-electron chi connectivity index (χ3n) is 3.66. The van der Waals surface area contributed by atoms with Crippen molar-refractivity contribution in [1.82, 2.24) is 5.06 Å². The van der Waals surface area contributed by atoms with Gasteiger partial charge in [0, 0.05) is 0 Å². The number of amides is 1. The lowest BCUT2D eigenvalue weighted by atomic mass is 9.99. The highest BCUT2D eigenvalue weighted by Gasteiger charge is 2.51. The zero-order valence-corrected chi connectivity index (χ0v) is 13.9. The largest absolute Gasteiger partial charge is 0.615 e. The van der Waals surface area contributed by atoms with E-state index in [1.807, 2.05) is 0 Å². The Morgan fingerprint density at radius 3 is 2.26 bits per heavy atom. The van der Waals surface area contributed by atoms with Crippen molar-refractivity contribution in [2.24, 2.45) is 4.99 Å². The molecule has 6 nitrogen and oxygen atoms in total. The summed E-state index contributed by atoms with van der Waals surface area (Å²) < 4.78 is 12.9. The molecule has 1 aromatic rings. The smallest absolute Gasteiger partial charge is 0.431 e. The van der Waals surface area contributed by atoms with E-state index in [9.17, 15) is 19.6 Å². The first kappa shape index (κ1) is 17.5. The van der Waals surface area contributed by atoms with Gasteiger partial charge in [0.25, 0.3) is 0 Å². The van der Waals surface area contributed by atoms with E-state index in [-0.39, 0.29) is 16.0 Å². The number of rotatable bonds is 2. The maximum Gasteiger partial charge on any atom is 0.431 e. The lowest BCUT2D eigenvalue weighted by Gasteiger charge is -2.33. The average Bonchev–Trinajstić information content (AvgIpc) is 2.65. The van der Waals surface area contributed by atoms with Gasteiger partial charge < -0.3 is 10.4 Å². The number of carbonyl (C=O) groups excluding carboxylic acids is 1. The molecular weight excluding hydrogens is 325 g/mol. The zero-order valence-electron chi connectivity index (χ0n) is 13.2. The predicted octanol–water partition coefficient (Wildman–Crippen LogP) is 2.77. The van der Waals surface area contributed by atoms with Crippen LogP contribution in [-0.2, 0) is 0 Å². The Morgan fingerprint density at radius 1 is 1.30 bits per heavy atom. The van der Waals surface area contributed by atoms with E-state index in [2.05, 4.69) is 4.99 Å². The third kappa shape index (κ3) is 2.99. The molecule has 1 amide bonds. The molecule has 0 radical (unpaired) electrons. The fourth-order valence-corrected chi connectivity index (χ4v) is 2.79. The predicted molar refractivity (Wildman–Crippen MR) is 84.4 cm³/mol. The minimum atomic E-state index is -1.05. The molecule has 1 heterocycles. The van der Waals surface area contributed by atoms with Crippen molar-refractivity contribution in [2.75, 3.05) is 0 Å². The topological polar surface area (TPSA) is 79.0 Å². The molecule has 0 saturated heterocycles. The van der Waals surface area contributed by atoms with E-state index in [1.54, 1.807) is 27.7 Å². The Morgan fingerprint density at radius 2 is 1.83 bits per heavy atom. The van der Waals surface area contributed by atoms with Crippen LogP contribution < -0.4 is 0 Å². The highest BCUT2D eigenvalue weighted by Crippen LogP contribution is 2.34. The van der Waals surface area contributed by atoms with E-state index >= 15 is 0 Å². The molecule has 0 aliphatic carbocycles. The van der Waals surface area contributed by atoms with Crippen LogP contribution in [-0.4, -0.2) is 43.0 Å². The standard InChI is InChI=1S/C15H17ClFN3O3/c1-14(2)11(18-15(3,4)20(14)23)12(16)19(22)13(21)9-5-7-10(17)8-6-9/h5-8,23H,1-4H3. The molecular formula is C15H17ClFN3O3. The van der Waals surface area contributed by atoms with Gasteiger partial charge >= 0.3 is 11.1 Å². The van der Waals surface area contributed by atoms with Crippen LogP contribution in [0.15, 0.2) is 29.3 Å². The van der Waals surface area contributed by atoms with Gasteiger partial charge in [0.1, 0.15) is 17.2 Å². The molecule has 0 atom stereocenters. The van der Waals surface area contributed by atoms with Crippen LogP contribution in [0.2, 0.25) is 0 Å². The summed E-state index contributed by atoms with van der Waals surface area (Å²) in [5.41, 5.74) is -1.95. The maximum absolute atomic E-state index is 12.9. The lowest BCUT2D eigenvalue weighted by Crippen LogP contribution is -2.51. The van der Waals surface area contributed by atoms with Gasteiger partial charge in [-0.2, -0.15) is 5.06 Å². The first-order valence-electron chi connectivity index (χ1n) is 6.88. The van der Waals surface area contributed by atoms with E-state index in [4.69, 9.17) is 11.6 Å². The summed E-state index contributed by atoms with van der Waals surface area (Å²) in [6.07, 6.45) is 0. The summed E-state index contributed by atoms with van der Waals surface area (Å²) in [6, 6.07) is 4.53. The van der Waals surface area contributed by atoms with Gasteiger partial charge in [-0.25, -0.2) is 9.18 Å². The molecule has 1 N–H and O–H groups in total. The SMILES string of the molecule is CC1(C)N=C(C(Cl)=[N+]([O-])C(=O)c2ccc(F)cc2)C(C)(C)N1O. The number of hydroxylamine groups is 3. The summed E-state index contributed by atoms with van der Waals surface area (Å²) in [5, 5.41) is 22.9. The molecule has 0 fully saturated rings. The van der Waals surface area contributed by atoms with Crippen LogP contribution in [0.5, 0.6) is 0 Å². The number of benzene rings is 1. The Balaban J connectivity index is 2.45. The van der Waals surface area contributed by atoms with Crippen LogP contribution in [0.1, 0.15) is 38.1 Å². The average molecular weight is 342 g/mol. The molecule has 1 aliphatic heterocycles. The zero-order chi connectivity index (χ0) is 17.6. The van der Waals surface area contributed by atoms with Crippen molar-refractivity contribution in [3.63, 3.8) is 0 Å². The van der Waals surface area contributed by atoms with Crippen LogP contribution in [0.25, 0.3) is 0 Å². The van der Waals surface area contributed by atoms with E-state index < -0.39 is 28.1 Å². The van der Waals surface area contributed by atoms with Crippen molar-refractivity contribution < 1.29 is 19.1 Å². The maximum atomic E-state index is 12.9. The first-order chi connectivity index (χ1) is 10.5. The lowest BCUT2D eigenvalue weighted by molar-refractivity contribution is -0.347. The van der Waals surface area contributed by atoms with Gasteiger partial charge in [-0.1, -0.05) is 0 Å². The molecule has 23 heavy (non-hydrogen) atoms. The monoisotopic (exact) mass is 341 g/mol. The Bertz CT molecular complexity index is 711. The third-order valence-corrected chi connectivity index (χ3v) is 3.99. The number of nitrogens with zero attached hydrogens (tertiary/aromatic N) is 3. The number of carbonyl (C=O) groups is 1. The Hall–Kier alpha value is -1.83. The van der Waals surface area contributed by atoms with Gasteiger partial charge in [0.2, 0.25) is 0 Å². The van der Waals surface area contributed by atoms with Crippen LogP contribution in [0.4, 0.5) is 4.39 Å². The van der Waals surface area contributed by atoms with Crippen molar-refractivity contribution in [2.45, 2.75) is 38.9 Å². The second-order valence-electron chi connectivity index (χ2n) is 6.22. The second-order valence-corrected chi connectivity index (χ2v) is 6.58. The molecule has 0 unspecified atom stereocenters. The molecule has 8 heteroatoms. The number of aliphatic imine (C=N–C) groups is 1. The van der Waals surface area contributed by atoms with Gasteiger partial charge in [-0.3, -0.25) is 4.99 Å². The highest BCUT2D eigenvalue weighted by molar-refractivity contribution is 6.83. The van der Waals surface area contributed by atoms with Crippen molar-refractivity contribution in [3.05, 3.63) is 40.9 Å². The van der Waals surface area contributed by atoms with E-state index in [1.165, 1.54) is 12.1 Å². The molecule has 0 spiro atoms. The minimum absolute atomic E-state index is 0.00364. The van der Waals surface area contributed by atoms with E-state index in [0.717, 1.165) is 17.2 Å². The van der Waals surface area contributed by atoms with Crippen LogP contribution in [0.3, 0.4) is 0 Å². The van der Waals surface area contributed by atoms with Gasteiger partial charge in [0.05, 0.1) is 11.1 Å². The molecule has 0 saturated carbocycles. The summed E-state index contributed by atoms with van der Waals surface area (Å²) in [6.45, 7) is 6.53. The molecule has 0 bridgehead atoms. The van der Waals surface area contributed by atoms with Crippen molar-refractivity contribution >= 4 is 28.4 Å². The van der Waals surface area contributed by atoms with E-state index in [0.29, 0.717) is 0 Å². The molecule has 1 aliphatic rings. The van der Waals surface area contributed by atoms with Gasteiger partial charge in [-0.15, -0.1) is 4.74 Å². The van der Waals surface area contributed by atoms with Crippen molar-refractivity contribution in [1.29, 1.82) is 0 Å². The summed E-state index contributed by atoms with van der Waals surface area (Å²) in [5.74, 6) is -1.46. The fraction of sp³-hybridized carbons (Fsp3) is 0.400. The second kappa shape index (κ2) is 5.67. The van der Waals surface area contributed by atoms with Gasteiger partial charge in [-0.05, 0) is 63.6 Å². The summed E-state index contributed by atoms with van der Waals surface area (Å²) in [7, 11) is 0. The number of hydrogen-bond acceptors (Lipinski definition) is 5. The Labute approximate surface area is 138 Å². The molecule has 0 aromatic heterocycles. The summed E-state index contributed by atoms with van der Waals surface area (Å²) >= 11 is 6.06. The summed E-state index contributed by atoms with van der Waals surface area (Å²) in [4.78, 5) is 16.4. The number of halogens is 2. The first-order valence-corrected chi connectivity index (χ1v) is 7.26. The fourth-order valence-electron chi connectivity index (χ4n) is 2.44. The van der Waals surface area contributed by atoms with Gasteiger partial charge in [0.15, 0.2) is 0 Å². The van der Waals surface area contributed by atoms with Crippen molar-refractivity contribution in [3.8, 4) is 0 Å². The molecule has 2 rings (SSSR count). The quantitative estimate of drug-likeness (QED) is 0.388. The Kier molecular flexibility index (Phi) is 4.32. The molecule has 124 valence electrons. The number of hydrogen-bond donors (Lipinski definition) is 1.